The van der Waals surface area contributed by atoms with Crippen LogP contribution in [0.4, 0.5) is 17.1 Å². The fraction of sp³-hybridized carbons (Fsp3) is 0.0339. The Morgan fingerprint density at radius 2 is 0.935 bits per heavy atom. The van der Waals surface area contributed by atoms with E-state index in [0.717, 1.165) is 39.2 Å². The fourth-order valence-electron chi connectivity index (χ4n) is 9.67. The molecule has 1 aliphatic carbocycles. The minimum atomic E-state index is -0.489. The summed E-state index contributed by atoms with van der Waals surface area (Å²) >= 11 is 0. The normalized spacial score (nSPS) is 14.0. The largest absolute Gasteiger partial charge is 0.321 e. The van der Waals surface area contributed by atoms with Gasteiger partial charge in [-0.25, -0.2) is 0 Å². The highest BCUT2D eigenvalue weighted by Gasteiger charge is 2.51. The van der Waals surface area contributed by atoms with E-state index in [4.69, 9.17) is 10.7 Å². The van der Waals surface area contributed by atoms with E-state index < -0.39 is 5.41 Å². The van der Waals surface area contributed by atoms with Crippen LogP contribution in [-0.4, -0.2) is 6.21 Å². The summed E-state index contributed by atoms with van der Waals surface area (Å²) in [6, 6.07) is 82.5. The van der Waals surface area contributed by atoms with Crippen LogP contribution in [0.25, 0.3) is 39.1 Å². The maximum atomic E-state index is 6.61. The van der Waals surface area contributed by atoms with Crippen LogP contribution in [0.2, 0.25) is 0 Å². The third kappa shape index (κ3) is 6.30. The molecule has 1 heterocycles. The van der Waals surface area contributed by atoms with Gasteiger partial charge >= 0.3 is 0 Å². The van der Waals surface area contributed by atoms with Gasteiger partial charge in [0.1, 0.15) is 0 Å². The summed E-state index contributed by atoms with van der Waals surface area (Å²) in [6.45, 7) is 0. The smallest absolute Gasteiger partial charge is 0.0754 e. The van der Waals surface area contributed by atoms with Crippen molar-refractivity contribution in [3.8, 4) is 33.4 Å². The lowest BCUT2D eigenvalue weighted by Crippen LogP contribution is -2.36. The van der Waals surface area contributed by atoms with Crippen molar-refractivity contribution in [2.24, 2.45) is 10.7 Å². The zero-order valence-electron chi connectivity index (χ0n) is 34.1. The van der Waals surface area contributed by atoms with Gasteiger partial charge in [0, 0.05) is 11.9 Å². The topological polar surface area (TPSA) is 41.6 Å². The van der Waals surface area contributed by atoms with Crippen molar-refractivity contribution in [3.05, 3.63) is 276 Å². The Morgan fingerprint density at radius 1 is 0.452 bits per heavy atom. The molecule has 0 amide bonds. The van der Waals surface area contributed by atoms with Crippen molar-refractivity contribution in [3.63, 3.8) is 0 Å². The molecule has 62 heavy (non-hydrogen) atoms. The molecular weight excluding hydrogens is 751 g/mol. The Kier molecular flexibility index (Phi) is 9.37. The molecule has 3 nitrogen and oxygen atoms in total. The number of nitrogens with zero attached hydrogens (tertiary/aromatic N) is 2. The van der Waals surface area contributed by atoms with Crippen molar-refractivity contribution in [2.45, 2.75) is 11.5 Å². The first-order chi connectivity index (χ1) is 30.7. The summed E-state index contributed by atoms with van der Waals surface area (Å²) in [5.74, 6) is 0. The standard InChI is InChI=1S/C59H43N3/c60-55(45-16-4-1-5-17-45)39-56(46-18-6-2-7-19-46)61-40-41-28-30-42(31-29-41)43-32-34-44(35-33-43)47-36-37-50-49-22-10-11-23-51(49)59(54(50)38-47)52-24-12-14-26-57(52)62(48-20-8-3-9-21-48)58-27-15-13-25-53(58)59/h1-40,55H,60H2/b56-39-,61-40?. The summed E-state index contributed by atoms with van der Waals surface area (Å²) in [6.07, 6.45) is 3.95. The minimum Gasteiger partial charge on any atom is -0.321 e. The summed E-state index contributed by atoms with van der Waals surface area (Å²) < 4.78 is 0. The predicted octanol–water partition coefficient (Wildman–Crippen LogP) is 14.3. The van der Waals surface area contributed by atoms with Crippen LogP contribution in [0.5, 0.6) is 0 Å². The first-order valence-electron chi connectivity index (χ1n) is 21.3. The van der Waals surface area contributed by atoms with Crippen molar-refractivity contribution >= 4 is 29.0 Å². The van der Waals surface area contributed by atoms with Gasteiger partial charge in [-0.2, -0.15) is 0 Å². The number of anilines is 3. The van der Waals surface area contributed by atoms with Crippen LogP contribution in [0.1, 0.15) is 45.0 Å². The number of benzene rings is 9. The van der Waals surface area contributed by atoms with E-state index in [0.29, 0.717) is 0 Å². The van der Waals surface area contributed by atoms with Crippen molar-refractivity contribution in [2.75, 3.05) is 4.90 Å². The maximum absolute atomic E-state index is 6.61. The van der Waals surface area contributed by atoms with Crippen LogP contribution in [-0.2, 0) is 5.41 Å². The zero-order valence-corrected chi connectivity index (χ0v) is 34.1. The van der Waals surface area contributed by atoms with Gasteiger partial charge in [0.05, 0.1) is 28.5 Å². The lowest BCUT2D eigenvalue weighted by Gasteiger charge is -2.45. The van der Waals surface area contributed by atoms with Crippen molar-refractivity contribution in [1.29, 1.82) is 0 Å². The second kappa shape index (κ2) is 15.6. The Hall–Kier alpha value is -7.85. The van der Waals surface area contributed by atoms with E-state index in [9.17, 15) is 0 Å². The van der Waals surface area contributed by atoms with E-state index in [-0.39, 0.29) is 6.04 Å². The van der Waals surface area contributed by atoms with Gasteiger partial charge in [0.25, 0.3) is 0 Å². The molecule has 0 aromatic heterocycles. The molecular formula is C59H43N3. The third-order valence-corrected chi connectivity index (χ3v) is 12.6. The predicted molar refractivity (Wildman–Crippen MR) is 258 cm³/mol. The number of rotatable bonds is 8. The first kappa shape index (κ1) is 37.2. The molecule has 2 N–H and O–H groups in total. The first-order valence-corrected chi connectivity index (χ1v) is 21.3. The second-order valence-electron chi connectivity index (χ2n) is 16.1. The SMILES string of the molecule is NC(/C=C(\N=Cc1ccc(-c2ccc(-c3ccc4c(c3)C3(c5ccccc5-4)c4ccccc4N(c4ccccc4)c4ccccc43)cc2)cc1)c1ccccc1)c1ccccc1. The molecule has 1 spiro atoms. The van der Waals surface area contributed by atoms with Crippen LogP contribution in [0, 0.1) is 0 Å². The number of hydrogen-bond donors (Lipinski definition) is 1. The molecule has 9 aromatic rings. The second-order valence-corrected chi connectivity index (χ2v) is 16.1. The maximum Gasteiger partial charge on any atom is 0.0754 e. The van der Waals surface area contributed by atoms with Crippen molar-refractivity contribution < 1.29 is 0 Å². The summed E-state index contributed by atoms with van der Waals surface area (Å²) in [4.78, 5) is 7.37. The quantitative estimate of drug-likeness (QED) is 0.156. The number of para-hydroxylation sites is 3. The fourth-order valence-corrected chi connectivity index (χ4v) is 9.67. The molecule has 11 rings (SSSR count). The number of fused-ring (bicyclic) bond motifs is 9. The Bertz CT molecular complexity index is 3070. The highest BCUT2D eigenvalue weighted by Crippen LogP contribution is 2.63. The molecule has 0 fully saturated rings. The molecule has 0 saturated heterocycles. The van der Waals surface area contributed by atoms with E-state index in [1.165, 1.54) is 55.9 Å². The van der Waals surface area contributed by atoms with Gasteiger partial charge in [0.2, 0.25) is 0 Å². The molecule has 1 aliphatic heterocycles. The highest BCUT2D eigenvalue weighted by atomic mass is 15.2. The number of hydrogen-bond acceptors (Lipinski definition) is 3. The Labute approximate surface area is 363 Å². The molecule has 294 valence electrons. The average Bonchev–Trinajstić information content (AvgIpc) is 3.64. The average molecular weight is 794 g/mol. The molecule has 1 atom stereocenters. The molecule has 2 aliphatic rings. The van der Waals surface area contributed by atoms with E-state index in [1.54, 1.807) is 0 Å². The van der Waals surface area contributed by atoms with Gasteiger partial charge in [-0.1, -0.05) is 200 Å². The van der Waals surface area contributed by atoms with Crippen LogP contribution in [0.15, 0.2) is 242 Å². The minimum absolute atomic E-state index is 0.269. The summed E-state index contributed by atoms with van der Waals surface area (Å²) in [5, 5.41) is 0. The lowest BCUT2D eigenvalue weighted by atomic mass is 9.64. The van der Waals surface area contributed by atoms with Crippen molar-refractivity contribution in [1.82, 2.24) is 0 Å². The summed E-state index contributed by atoms with van der Waals surface area (Å²) in [7, 11) is 0. The highest BCUT2D eigenvalue weighted by molar-refractivity contribution is 5.96. The molecule has 0 radical (unpaired) electrons. The number of aliphatic imine (C=N–C) groups is 1. The zero-order chi connectivity index (χ0) is 41.5. The van der Waals surface area contributed by atoms with Gasteiger partial charge in [-0.15, -0.1) is 0 Å². The van der Waals surface area contributed by atoms with E-state index in [1.807, 2.05) is 60.8 Å². The third-order valence-electron chi connectivity index (χ3n) is 12.6. The van der Waals surface area contributed by atoms with Gasteiger partial charge in [-0.3, -0.25) is 4.99 Å². The monoisotopic (exact) mass is 793 g/mol. The van der Waals surface area contributed by atoms with E-state index in [2.05, 4.69) is 187 Å². The van der Waals surface area contributed by atoms with E-state index >= 15 is 0 Å². The van der Waals surface area contributed by atoms with Crippen LogP contribution in [0.3, 0.4) is 0 Å². The Morgan fingerprint density at radius 3 is 1.58 bits per heavy atom. The van der Waals surface area contributed by atoms with Gasteiger partial charge in [-0.05, 0) is 109 Å². The molecule has 3 heteroatoms. The summed E-state index contributed by atoms with van der Waals surface area (Å²) in [5.41, 5.74) is 26.1. The number of nitrogens with two attached hydrogens (primary N) is 1. The molecule has 0 saturated carbocycles. The molecule has 1 unspecified atom stereocenters. The molecule has 0 bridgehead atoms. The van der Waals surface area contributed by atoms with Gasteiger partial charge in [0.15, 0.2) is 0 Å². The van der Waals surface area contributed by atoms with Crippen LogP contribution >= 0.6 is 0 Å². The Balaban J connectivity index is 0.928. The molecule has 9 aromatic carbocycles. The van der Waals surface area contributed by atoms with Gasteiger partial charge < -0.3 is 10.6 Å². The lowest BCUT2D eigenvalue weighted by molar-refractivity contribution is 0.753. The van der Waals surface area contributed by atoms with Crippen LogP contribution < -0.4 is 10.6 Å².